The maximum absolute atomic E-state index is 13.9. The van der Waals surface area contributed by atoms with Crippen LogP contribution in [0, 0.1) is 19.4 Å². The van der Waals surface area contributed by atoms with Crippen LogP contribution in [0.4, 0.5) is 24.7 Å². The van der Waals surface area contributed by atoms with Crippen LogP contribution in [-0.2, 0) is 17.8 Å². The standard InChI is InChI=1S/C36H42F3N7O2/c1-23-8-6-9-26-10-7-11-31(32(23)26)44-13-12-29-30(22-44)41-35(48-17-16-43(5)25(3)27-18-36(38,39)19-27)42-33(29)45-14-15-46(34(47)24(2)37)28(21-45)20-40-4/h6-11,25,27-28H,2,12-22H2,1,3,5H3/t25-,28-/m0/s1. The van der Waals surface area contributed by atoms with Gasteiger partial charge in [0.2, 0.25) is 12.5 Å². The molecule has 3 aliphatic rings. The molecule has 2 aromatic carbocycles. The molecule has 12 heteroatoms. The molecule has 2 atom stereocenters. The second-order valence-electron chi connectivity index (χ2n) is 13.3. The highest BCUT2D eigenvalue weighted by atomic mass is 19.3. The topological polar surface area (TPSA) is 69.4 Å². The van der Waals surface area contributed by atoms with Gasteiger partial charge in [0.25, 0.3) is 5.91 Å². The van der Waals surface area contributed by atoms with Crippen LogP contribution in [0.2, 0.25) is 0 Å². The third-order valence-corrected chi connectivity index (χ3v) is 10.2. The van der Waals surface area contributed by atoms with Gasteiger partial charge in [0.1, 0.15) is 18.5 Å². The summed E-state index contributed by atoms with van der Waals surface area (Å²) in [6, 6.07) is 12.3. The van der Waals surface area contributed by atoms with Crippen LogP contribution in [0.25, 0.3) is 15.6 Å². The van der Waals surface area contributed by atoms with Crippen LogP contribution in [0.3, 0.4) is 0 Å². The lowest BCUT2D eigenvalue weighted by Gasteiger charge is -2.42. The number of nitrogens with zero attached hydrogens (tertiary/aromatic N) is 7. The van der Waals surface area contributed by atoms with E-state index in [9.17, 15) is 18.0 Å². The molecule has 0 bridgehead atoms. The Labute approximate surface area is 279 Å². The van der Waals surface area contributed by atoms with Crippen molar-refractivity contribution in [1.29, 1.82) is 0 Å². The van der Waals surface area contributed by atoms with E-state index in [-0.39, 0.29) is 50.5 Å². The second kappa shape index (κ2) is 13.6. The summed E-state index contributed by atoms with van der Waals surface area (Å²) in [5.74, 6) is -3.74. The van der Waals surface area contributed by atoms with Crippen LogP contribution >= 0.6 is 0 Å². The molecule has 48 heavy (non-hydrogen) atoms. The molecule has 2 fully saturated rings. The van der Waals surface area contributed by atoms with Gasteiger partial charge in [-0.15, -0.1) is 0 Å². The van der Waals surface area contributed by atoms with E-state index < -0.39 is 23.7 Å². The smallest absolute Gasteiger partial charge is 0.318 e. The van der Waals surface area contributed by atoms with Gasteiger partial charge in [0.15, 0.2) is 5.83 Å². The molecule has 1 aromatic heterocycles. The van der Waals surface area contributed by atoms with Gasteiger partial charge in [-0.05, 0) is 50.2 Å². The average molecular weight is 662 g/mol. The van der Waals surface area contributed by atoms with Crippen molar-refractivity contribution in [3.05, 3.63) is 77.0 Å². The number of amides is 1. The Kier molecular flexibility index (Phi) is 9.52. The van der Waals surface area contributed by atoms with Crippen molar-refractivity contribution in [3.63, 3.8) is 0 Å². The number of aryl methyl sites for hydroxylation is 1. The SMILES string of the molecule is [C-]#[N+]C[C@H]1CN(c2nc(OCCN(C)[C@@H](C)C3CC(F)(F)C3)nc3c2CCN(c2cccc4cccc(C)c24)C3)CCN1C(=O)C(=C)F. The quantitative estimate of drug-likeness (QED) is 0.205. The molecule has 1 amide bonds. The van der Waals surface area contributed by atoms with Crippen molar-refractivity contribution < 1.29 is 22.7 Å². The monoisotopic (exact) mass is 661 g/mol. The highest BCUT2D eigenvalue weighted by molar-refractivity contribution is 5.97. The number of likely N-dealkylation sites (N-methyl/N-ethyl adjacent to an activating group) is 1. The summed E-state index contributed by atoms with van der Waals surface area (Å²) in [4.78, 5) is 33.7. The van der Waals surface area contributed by atoms with Crippen molar-refractivity contribution in [3.8, 4) is 6.01 Å². The van der Waals surface area contributed by atoms with Crippen LogP contribution in [0.1, 0.15) is 36.6 Å². The highest BCUT2D eigenvalue weighted by Crippen LogP contribution is 2.45. The van der Waals surface area contributed by atoms with E-state index in [1.807, 2.05) is 18.9 Å². The second-order valence-corrected chi connectivity index (χ2v) is 13.3. The number of hydrogen-bond acceptors (Lipinski definition) is 7. The lowest BCUT2D eigenvalue weighted by atomic mass is 9.76. The summed E-state index contributed by atoms with van der Waals surface area (Å²) in [6.45, 7) is 17.8. The van der Waals surface area contributed by atoms with Crippen molar-refractivity contribution in [2.24, 2.45) is 5.92 Å². The van der Waals surface area contributed by atoms with Gasteiger partial charge in [0, 0.05) is 68.2 Å². The van der Waals surface area contributed by atoms with Gasteiger partial charge in [-0.1, -0.05) is 36.9 Å². The lowest BCUT2D eigenvalue weighted by Crippen LogP contribution is -2.57. The van der Waals surface area contributed by atoms with E-state index in [0.29, 0.717) is 38.4 Å². The van der Waals surface area contributed by atoms with E-state index in [1.165, 1.54) is 21.2 Å². The fourth-order valence-electron chi connectivity index (χ4n) is 7.31. The first-order valence-electron chi connectivity index (χ1n) is 16.5. The Morgan fingerprint density at radius 2 is 1.92 bits per heavy atom. The lowest BCUT2D eigenvalue weighted by molar-refractivity contribution is -0.131. The number of alkyl halides is 2. The van der Waals surface area contributed by atoms with Crippen molar-refractivity contribution in [1.82, 2.24) is 19.8 Å². The third-order valence-electron chi connectivity index (χ3n) is 10.2. The van der Waals surface area contributed by atoms with E-state index in [0.717, 1.165) is 23.5 Å². The summed E-state index contributed by atoms with van der Waals surface area (Å²) < 4.78 is 47.0. The highest BCUT2D eigenvalue weighted by Gasteiger charge is 2.48. The Morgan fingerprint density at radius 3 is 2.62 bits per heavy atom. The predicted octanol–water partition coefficient (Wildman–Crippen LogP) is 5.67. The molecule has 9 nitrogen and oxygen atoms in total. The van der Waals surface area contributed by atoms with Crippen LogP contribution in [0.5, 0.6) is 6.01 Å². The van der Waals surface area contributed by atoms with Gasteiger partial charge in [0.05, 0.1) is 12.2 Å². The zero-order valence-corrected chi connectivity index (χ0v) is 27.8. The van der Waals surface area contributed by atoms with Gasteiger partial charge >= 0.3 is 6.01 Å². The summed E-state index contributed by atoms with van der Waals surface area (Å²) in [5.41, 5.74) is 4.15. The molecule has 2 aliphatic heterocycles. The Hall–Kier alpha value is -4.37. The van der Waals surface area contributed by atoms with Gasteiger partial charge in [-0.2, -0.15) is 9.97 Å². The molecule has 6 rings (SSSR count). The molecular weight excluding hydrogens is 619 g/mol. The number of fused-ring (bicyclic) bond motifs is 2. The minimum absolute atomic E-state index is 0.00950. The number of rotatable bonds is 10. The van der Waals surface area contributed by atoms with E-state index in [2.05, 4.69) is 64.5 Å². The number of aromatic nitrogens is 2. The zero-order chi connectivity index (χ0) is 34.2. The van der Waals surface area contributed by atoms with Gasteiger partial charge in [-0.3, -0.25) is 4.79 Å². The molecule has 0 unspecified atom stereocenters. The van der Waals surface area contributed by atoms with Crippen LogP contribution < -0.4 is 14.5 Å². The van der Waals surface area contributed by atoms with Crippen molar-refractivity contribution in [2.75, 3.05) is 62.7 Å². The first-order valence-corrected chi connectivity index (χ1v) is 16.5. The third kappa shape index (κ3) is 6.79. The number of ether oxygens (including phenoxy) is 1. The van der Waals surface area contributed by atoms with Crippen molar-refractivity contribution >= 4 is 28.2 Å². The van der Waals surface area contributed by atoms with E-state index in [1.54, 1.807) is 0 Å². The number of carbonyl (C=O) groups excluding carboxylic acids is 1. The Bertz CT molecular complexity index is 1730. The number of piperazine rings is 1. The fourth-order valence-corrected chi connectivity index (χ4v) is 7.31. The Balaban J connectivity index is 1.27. The minimum Gasteiger partial charge on any atom is -0.462 e. The minimum atomic E-state index is -2.56. The maximum atomic E-state index is 13.9. The fraction of sp³-hybridized carbons (Fsp3) is 0.500. The van der Waals surface area contributed by atoms with E-state index >= 15 is 0 Å². The molecule has 0 spiro atoms. The number of anilines is 2. The molecule has 0 radical (unpaired) electrons. The largest absolute Gasteiger partial charge is 0.462 e. The molecule has 3 heterocycles. The first kappa shape index (κ1) is 33.5. The first-order chi connectivity index (χ1) is 23.0. The molecule has 1 saturated carbocycles. The Morgan fingerprint density at radius 1 is 1.17 bits per heavy atom. The predicted molar refractivity (Wildman–Crippen MR) is 180 cm³/mol. The average Bonchev–Trinajstić information content (AvgIpc) is 3.05. The number of carbonyl (C=O) groups is 1. The molecular formula is C36H42F3N7O2. The normalized spacial score (nSPS) is 19.9. The molecule has 0 N–H and O–H groups in total. The number of hydrogen-bond donors (Lipinski definition) is 0. The summed E-state index contributed by atoms with van der Waals surface area (Å²) in [7, 11) is 1.91. The number of benzene rings is 2. The summed E-state index contributed by atoms with van der Waals surface area (Å²) in [6.07, 6.45) is 0.500. The molecule has 1 aliphatic carbocycles. The molecule has 1 saturated heterocycles. The molecule has 3 aromatic rings. The summed E-state index contributed by atoms with van der Waals surface area (Å²) >= 11 is 0. The molecule has 254 valence electrons. The maximum Gasteiger partial charge on any atom is 0.318 e. The van der Waals surface area contributed by atoms with E-state index in [4.69, 9.17) is 21.3 Å². The zero-order valence-electron chi connectivity index (χ0n) is 27.8. The van der Waals surface area contributed by atoms with Gasteiger partial charge < -0.3 is 29.2 Å². The van der Waals surface area contributed by atoms with Crippen LogP contribution in [-0.4, -0.2) is 96.6 Å². The number of halogens is 3. The van der Waals surface area contributed by atoms with Crippen LogP contribution in [0.15, 0.2) is 48.8 Å². The van der Waals surface area contributed by atoms with Gasteiger partial charge in [-0.25, -0.2) is 19.7 Å². The summed E-state index contributed by atoms with van der Waals surface area (Å²) in [5, 5.41) is 2.37. The van der Waals surface area contributed by atoms with Crippen molar-refractivity contribution in [2.45, 2.75) is 57.7 Å².